The van der Waals surface area contributed by atoms with Crippen LogP contribution in [0.15, 0.2) is 18.2 Å². The van der Waals surface area contributed by atoms with E-state index in [2.05, 4.69) is 5.32 Å². The van der Waals surface area contributed by atoms with Gasteiger partial charge in [0.05, 0.1) is 24.2 Å². The summed E-state index contributed by atoms with van der Waals surface area (Å²) in [7, 11) is 0. The van der Waals surface area contributed by atoms with Crippen molar-refractivity contribution in [2.75, 3.05) is 13.2 Å². The van der Waals surface area contributed by atoms with Crippen molar-refractivity contribution in [1.82, 2.24) is 5.32 Å². The third kappa shape index (κ3) is 3.94. The molecule has 3 N–H and O–H groups in total. The molecule has 0 aliphatic heterocycles. The molecular formula is C10H13ClN2O4. The van der Waals surface area contributed by atoms with Gasteiger partial charge in [0.2, 0.25) is 0 Å². The van der Waals surface area contributed by atoms with Gasteiger partial charge in [-0.3, -0.25) is 10.1 Å². The van der Waals surface area contributed by atoms with E-state index in [0.29, 0.717) is 10.6 Å². The second-order valence-corrected chi connectivity index (χ2v) is 3.88. The summed E-state index contributed by atoms with van der Waals surface area (Å²) in [4.78, 5) is 10.1. The second kappa shape index (κ2) is 6.51. The highest BCUT2D eigenvalue weighted by atomic mass is 35.5. The molecule has 0 fully saturated rings. The minimum atomic E-state index is -0.505. The van der Waals surface area contributed by atoms with Gasteiger partial charge >= 0.3 is 0 Å². The normalized spacial score (nSPS) is 10.8. The lowest BCUT2D eigenvalue weighted by atomic mass is 10.2. The Balaban J connectivity index is 2.75. The van der Waals surface area contributed by atoms with Crippen molar-refractivity contribution in [3.63, 3.8) is 0 Å². The van der Waals surface area contributed by atoms with E-state index in [4.69, 9.17) is 21.8 Å². The predicted octanol–water partition coefficient (Wildman–Crippen LogP) is 0.691. The lowest BCUT2D eigenvalue weighted by Gasteiger charge is -2.13. The Hall–Kier alpha value is -1.21. The van der Waals surface area contributed by atoms with E-state index in [9.17, 15) is 10.1 Å². The molecule has 0 amide bonds. The Morgan fingerprint density at radius 3 is 2.59 bits per heavy atom. The van der Waals surface area contributed by atoms with Crippen LogP contribution in [-0.4, -0.2) is 34.4 Å². The molecule has 0 aromatic heterocycles. The van der Waals surface area contributed by atoms with Gasteiger partial charge in [-0.2, -0.15) is 0 Å². The zero-order valence-electron chi connectivity index (χ0n) is 8.97. The maximum Gasteiger partial charge on any atom is 0.269 e. The maximum absolute atomic E-state index is 10.6. The molecule has 0 aliphatic carbocycles. The molecule has 7 heteroatoms. The van der Waals surface area contributed by atoms with Crippen LogP contribution in [0.1, 0.15) is 5.56 Å². The third-order valence-corrected chi connectivity index (χ3v) is 2.63. The molecule has 0 saturated carbocycles. The molecule has 17 heavy (non-hydrogen) atoms. The summed E-state index contributed by atoms with van der Waals surface area (Å²) in [6.45, 7) is -0.196. The third-order valence-electron chi connectivity index (χ3n) is 2.26. The summed E-state index contributed by atoms with van der Waals surface area (Å²) in [5, 5.41) is 31.5. The molecule has 94 valence electrons. The Labute approximate surface area is 103 Å². The van der Waals surface area contributed by atoms with Gasteiger partial charge in [0.15, 0.2) is 0 Å². The number of hydrogen-bond acceptors (Lipinski definition) is 5. The highest BCUT2D eigenvalue weighted by Crippen LogP contribution is 2.21. The van der Waals surface area contributed by atoms with Crippen LogP contribution < -0.4 is 5.32 Å². The largest absolute Gasteiger partial charge is 0.395 e. The molecule has 0 atom stereocenters. The van der Waals surface area contributed by atoms with Gasteiger partial charge in [0.25, 0.3) is 5.69 Å². The van der Waals surface area contributed by atoms with Crippen LogP contribution in [0.5, 0.6) is 0 Å². The number of hydrogen-bond donors (Lipinski definition) is 3. The van der Waals surface area contributed by atoms with Crippen LogP contribution >= 0.6 is 11.6 Å². The molecular weight excluding hydrogens is 248 g/mol. The molecule has 0 radical (unpaired) electrons. The van der Waals surface area contributed by atoms with E-state index < -0.39 is 11.0 Å². The summed E-state index contributed by atoms with van der Waals surface area (Å²) >= 11 is 5.88. The number of benzene rings is 1. The summed E-state index contributed by atoms with van der Waals surface area (Å²) in [5.74, 6) is 0. The number of halogens is 1. The fraction of sp³-hybridized carbons (Fsp3) is 0.400. The monoisotopic (exact) mass is 260 g/mol. The Morgan fingerprint density at radius 2 is 2.06 bits per heavy atom. The minimum Gasteiger partial charge on any atom is -0.395 e. The fourth-order valence-corrected chi connectivity index (χ4v) is 1.44. The smallest absolute Gasteiger partial charge is 0.269 e. The topological polar surface area (TPSA) is 95.6 Å². The van der Waals surface area contributed by atoms with Crippen molar-refractivity contribution in [2.24, 2.45) is 0 Å². The first-order chi connectivity index (χ1) is 8.08. The van der Waals surface area contributed by atoms with Crippen molar-refractivity contribution in [3.8, 4) is 0 Å². The van der Waals surface area contributed by atoms with Crippen molar-refractivity contribution >= 4 is 17.3 Å². The molecule has 0 bridgehead atoms. The molecule has 1 aromatic rings. The summed E-state index contributed by atoms with van der Waals surface area (Å²) < 4.78 is 0. The number of non-ortho nitro benzene ring substituents is 1. The molecule has 0 saturated heterocycles. The van der Waals surface area contributed by atoms with Crippen molar-refractivity contribution in [3.05, 3.63) is 38.9 Å². The first-order valence-corrected chi connectivity index (χ1v) is 5.34. The van der Waals surface area contributed by atoms with Crippen LogP contribution in [0.25, 0.3) is 0 Å². The standard InChI is InChI=1S/C10H13ClN2O4/c11-10-2-1-9(13(16)17)3-7(10)4-12-8(5-14)6-15/h1-3,8,12,14-15H,4-6H2. The van der Waals surface area contributed by atoms with Gasteiger partial charge in [-0.25, -0.2) is 0 Å². The van der Waals surface area contributed by atoms with E-state index in [1.54, 1.807) is 0 Å². The fourth-order valence-electron chi connectivity index (χ4n) is 1.25. The Morgan fingerprint density at radius 1 is 1.41 bits per heavy atom. The summed E-state index contributed by atoms with van der Waals surface area (Å²) in [5.41, 5.74) is 0.503. The second-order valence-electron chi connectivity index (χ2n) is 3.48. The molecule has 0 heterocycles. The zero-order chi connectivity index (χ0) is 12.8. The summed E-state index contributed by atoms with van der Waals surface area (Å²) in [6, 6.07) is 3.66. The average molecular weight is 261 g/mol. The van der Waals surface area contributed by atoms with Crippen LogP contribution in [0.2, 0.25) is 5.02 Å². The maximum atomic E-state index is 10.6. The first kappa shape index (κ1) is 13.9. The van der Waals surface area contributed by atoms with Crippen LogP contribution in [0.3, 0.4) is 0 Å². The minimum absolute atomic E-state index is 0.0456. The van der Waals surface area contributed by atoms with E-state index in [1.165, 1.54) is 18.2 Å². The zero-order valence-corrected chi connectivity index (χ0v) is 9.72. The predicted molar refractivity (Wildman–Crippen MR) is 62.9 cm³/mol. The van der Waals surface area contributed by atoms with Gasteiger partial charge in [-0.15, -0.1) is 0 Å². The molecule has 0 spiro atoms. The van der Waals surface area contributed by atoms with E-state index >= 15 is 0 Å². The average Bonchev–Trinajstić information content (AvgIpc) is 2.32. The molecule has 1 aromatic carbocycles. The lowest BCUT2D eigenvalue weighted by Crippen LogP contribution is -2.35. The molecule has 0 aliphatic rings. The Bertz CT molecular complexity index is 396. The lowest BCUT2D eigenvalue weighted by molar-refractivity contribution is -0.384. The number of aliphatic hydroxyl groups excluding tert-OH is 2. The van der Waals surface area contributed by atoms with Crippen LogP contribution in [0.4, 0.5) is 5.69 Å². The first-order valence-electron chi connectivity index (χ1n) is 4.96. The van der Waals surface area contributed by atoms with Gasteiger partial charge in [-0.05, 0) is 11.6 Å². The van der Waals surface area contributed by atoms with Gasteiger partial charge in [0.1, 0.15) is 0 Å². The van der Waals surface area contributed by atoms with E-state index in [0.717, 1.165) is 0 Å². The van der Waals surface area contributed by atoms with Crippen LogP contribution in [-0.2, 0) is 6.54 Å². The molecule has 6 nitrogen and oxygen atoms in total. The number of nitro benzene ring substituents is 1. The quantitative estimate of drug-likeness (QED) is 0.517. The number of nitrogens with one attached hydrogen (secondary N) is 1. The van der Waals surface area contributed by atoms with Gasteiger partial charge < -0.3 is 15.5 Å². The van der Waals surface area contributed by atoms with E-state index in [1.807, 2.05) is 0 Å². The van der Waals surface area contributed by atoms with Crippen LogP contribution in [0, 0.1) is 10.1 Å². The SMILES string of the molecule is O=[N+]([O-])c1ccc(Cl)c(CNC(CO)CO)c1. The Kier molecular flexibility index (Phi) is 5.30. The van der Waals surface area contributed by atoms with E-state index in [-0.39, 0.29) is 25.4 Å². The number of rotatable bonds is 6. The van der Waals surface area contributed by atoms with Crippen molar-refractivity contribution in [1.29, 1.82) is 0 Å². The highest BCUT2D eigenvalue weighted by Gasteiger charge is 2.11. The van der Waals surface area contributed by atoms with Crippen molar-refractivity contribution in [2.45, 2.75) is 12.6 Å². The summed E-state index contributed by atoms with van der Waals surface area (Å²) in [6.07, 6.45) is 0. The molecule has 0 unspecified atom stereocenters. The van der Waals surface area contributed by atoms with Crippen molar-refractivity contribution < 1.29 is 15.1 Å². The van der Waals surface area contributed by atoms with Gasteiger partial charge in [0, 0.05) is 23.7 Å². The number of nitrogens with zero attached hydrogens (tertiary/aromatic N) is 1. The number of aliphatic hydroxyl groups is 2. The van der Waals surface area contributed by atoms with Gasteiger partial charge in [-0.1, -0.05) is 11.6 Å². The number of nitro groups is 1. The highest BCUT2D eigenvalue weighted by molar-refractivity contribution is 6.31. The molecule has 1 rings (SSSR count).